The van der Waals surface area contributed by atoms with Crippen molar-refractivity contribution in [1.82, 2.24) is 4.90 Å². The van der Waals surface area contributed by atoms with Gasteiger partial charge in [0.15, 0.2) is 0 Å². The Morgan fingerprint density at radius 3 is 1.26 bits per heavy atom. The van der Waals surface area contributed by atoms with Gasteiger partial charge in [-0.2, -0.15) is 0 Å². The summed E-state index contributed by atoms with van der Waals surface area (Å²) in [7, 11) is 0. The van der Waals surface area contributed by atoms with Crippen LogP contribution in [0.5, 0.6) is 0 Å². The van der Waals surface area contributed by atoms with E-state index in [1.807, 2.05) is 0 Å². The second-order valence-electron chi connectivity index (χ2n) is 17.7. The topological polar surface area (TPSA) is 55.8 Å². The van der Waals surface area contributed by atoms with E-state index in [-0.39, 0.29) is 23.8 Å². The van der Waals surface area contributed by atoms with Gasteiger partial charge in [0, 0.05) is 6.54 Å². The lowest BCUT2D eigenvalue weighted by molar-refractivity contribution is -0.150. The summed E-state index contributed by atoms with van der Waals surface area (Å²) < 4.78 is 12.0. The number of rotatable bonds is 39. The van der Waals surface area contributed by atoms with Crippen LogP contribution in [0, 0.1) is 17.3 Å². The molecule has 5 nitrogen and oxygen atoms in total. The molecule has 1 fully saturated rings. The molecule has 0 aromatic carbocycles. The Labute approximate surface area is 338 Å². The van der Waals surface area contributed by atoms with Crippen LogP contribution in [0.15, 0.2) is 0 Å². The van der Waals surface area contributed by atoms with E-state index in [0.717, 1.165) is 77.0 Å². The molecule has 0 aromatic rings. The Kier molecular flexibility index (Phi) is 34.2. The second kappa shape index (κ2) is 36.3. The average Bonchev–Trinajstić information content (AvgIpc) is 3.18. The van der Waals surface area contributed by atoms with Crippen molar-refractivity contribution in [3.63, 3.8) is 0 Å². The summed E-state index contributed by atoms with van der Waals surface area (Å²) in [5, 5.41) is 0. The van der Waals surface area contributed by atoms with E-state index in [1.165, 1.54) is 161 Å². The molecule has 2 atom stereocenters. The summed E-state index contributed by atoms with van der Waals surface area (Å²) in [4.78, 5) is 29.2. The molecule has 0 radical (unpaired) electrons. The second-order valence-corrected chi connectivity index (χ2v) is 17.7. The van der Waals surface area contributed by atoms with E-state index < -0.39 is 0 Å². The van der Waals surface area contributed by atoms with Crippen LogP contribution in [0.1, 0.15) is 253 Å². The lowest BCUT2D eigenvalue weighted by Gasteiger charge is -2.43. The number of piperidine rings is 1. The molecule has 1 rings (SSSR count). The van der Waals surface area contributed by atoms with Gasteiger partial charge in [-0.1, -0.05) is 169 Å². The Hall–Kier alpha value is -1.10. The predicted molar refractivity (Wildman–Crippen MR) is 233 cm³/mol. The smallest absolute Gasteiger partial charge is 0.308 e. The summed E-state index contributed by atoms with van der Waals surface area (Å²) in [5.41, 5.74) is 0.333. The molecule has 0 spiro atoms. The van der Waals surface area contributed by atoms with Crippen molar-refractivity contribution in [2.45, 2.75) is 253 Å². The Morgan fingerprint density at radius 1 is 0.481 bits per heavy atom. The van der Waals surface area contributed by atoms with E-state index in [2.05, 4.69) is 39.5 Å². The lowest BCUT2D eigenvalue weighted by atomic mass is 9.72. The first-order chi connectivity index (χ1) is 26.4. The van der Waals surface area contributed by atoms with Crippen molar-refractivity contribution in [3.05, 3.63) is 0 Å². The summed E-state index contributed by atoms with van der Waals surface area (Å²) in [6.07, 6.45) is 40.8. The number of carbonyl (C=O) groups is 2. The summed E-state index contributed by atoms with van der Waals surface area (Å²) in [5.74, 6) is 0.322. The van der Waals surface area contributed by atoms with E-state index in [4.69, 9.17) is 9.47 Å². The van der Waals surface area contributed by atoms with Crippen molar-refractivity contribution in [3.8, 4) is 0 Å². The highest BCUT2D eigenvalue weighted by Gasteiger charge is 2.34. The quantitative estimate of drug-likeness (QED) is 0.0461. The van der Waals surface area contributed by atoms with Crippen LogP contribution in [0.25, 0.3) is 0 Å². The number of unbranched alkanes of at least 4 members (excludes halogenated alkanes) is 19. The fourth-order valence-electron chi connectivity index (χ4n) is 8.94. The number of hydrogen-bond acceptors (Lipinski definition) is 5. The molecule has 54 heavy (non-hydrogen) atoms. The van der Waals surface area contributed by atoms with Gasteiger partial charge in [-0.25, -0.2) is 0 Å². The molecule has 320 valence electrons. The number of carbonyl (C=O) groups excluding carboxylic acids is 2. The minimum Gasteiger partial charge on any atom is -0.465 e. The van der Waals surface area contributed by atoms with Gasteiger partial charge in [0.2, 0.25) is 0 Å². The Balaban J connectivity index is 2.62. The van der Waals surface area contributed by atoms with Gasteiger partial charge in [0.1, 0.15) is 0 Å². The van der Waals surface area contributed by atoms with E-state index >= 15 is 0 Å². The maximum Gasteiger partial charge on any atom is 0.308 e. The third-order valence-corrected chi connectivity index (χ3v) is 12.6. The maximum absolute atomic E-state index is 13.3. The monoisotopic (exact) mass is 762 g/mol. The molecular formula is C49H95NO4. The Morgan fingerprint density at radius 2 is 0.852 bits per heavy atom. The van der Waals surface area contributed by atoms with Crippen LogP contribution in [0.2, 0.25) is 0 Å². The highest BCUT2D eigenvalue weighted by atomic mass is 16.5. The Bertz CT molecular complexity index is 792. The van der Waals surface area contributed by atoms with Gasteiger partial charge in [0.05, 0.1) is 25.0 Å². The van der Waals surface area contributed by atoms with Crippen LogP contribution in [0.4, 0.5) is 0 Å². The van der Waals surface area contributed by atoms with Crippen LogP contribution in [-0.2, 0) is 19.1 Å². The zero-order valence-electron chi connectivity index (χ0n) is 37.3. The van der Waals surface area contributed by atoms with Crippen LogP contribution in [0.3, 0.4) is 0 Å². The molecule has 1 saturated heterocycles. The number of hydrogen-bond donors (Lipinski definition) is 0. The zero-order valence-corrected chi connectivity index (χ0v) is 37.3. The van der Waals surface area contributed by atoms with Crippen molar-refractivity contribution in [1.29, 1.82) is 0 Å². The van der Waals surface area contributed by atoms with Crippen molar-refractivity contribution in [2.24, 2.45) is 17.3 Å². The highest BCUT2D eigenvalue weighted by Crippen LogP contribution is 2.40. The van der Waals surface area contributed by atoms with Crippen LogP contribution < -0.4 is 0 Å². The van der Waals surface area contributed by atoms with E-state index in [1.54, 1.807) is 0 Å². The number of ether oxygens (including phenoxy) is 2. The molecule has 0 aliphatic carbocycles. The third kappa shape index (κ3) is 26.7. The van der Waals surface area contributed by atoms with Gasteiger partial charge in [0.25, 0.3) is 0 Å². The summed E-state index contributed by atoms with van der Waals surface area (Å²) in [6, 6.07) is 0. The minimum absolute atomic E-state index is 0.0721. The lowest BCUT2D eigenvalue weighted by Crippen LogP contribution is -2.43. The van der Waals surface area contributed by atoms with Gasteiger partial charge < -0.3 is 14.4 Å². The highest BCUT2D eigenvalue weighted by molar-refractivity contribution is 5.72. The van der Waals surface area contributed by atoms with Crippen molar-refractivity contribution >= 4 is 11.9 Å². The average molecular weight is 762 g/mol. The molecule has 0 amide bonds. The normalized spacial score (nSPS) is 17.4. The largest absolute Gasteiger partial charge is 0.465 e. The van der Waals surface area contributed by atoms with Gasteiger partial charge in [-0.3, -0.25) is 9.59 Å². The van der Waals surface area contributed by atoms with Gasteiger partial charge in [-0.15, -0.1) is 0 Å². The maximum atomic E-state index is 13.3. The molecular weight excluding hydrogens is 667 g/mol. The molecule has 0 aromatic heterocycles. The molecule has 0 N–H and O–H groups in total. The molecule has 0 bridgehead atoms. The molecule has 1 heterocycles. The number of likely N-dealkylation sites (tertiary alicyclic amines) is 1. The standard InChI is InChI=1S/C49H95NO4/c1-6-11-16-20-22-26-35-45(33-24-18-13-8-3)47(51)53-42-30-28-37-49(39-32-41-50(44-49)40-15-10-5)38-29-31-43-54-48(52)46(34-25-19-14-9-4)36-27-23-21-17-12-7-2/h45-46H,6-44H2,1-5H3. The fourth-order valence-corrected chi connectivity index (χ4v) is 8.94. The molecule has 2 unspecified atom stereocenters. The first-order valence-corrected chi connectivity index (χ1v) is 24.5. The van der Waals surface area contributed by atoms with E-state index in [0.29, 0.717) is 18.6 Å². The summed E-state index contributed by atoms with van der Waals surface area (Å²) >= 11 is 0. The molecule has 5 heteroatoms. The third-order valence-electron chi connectivity index (χ3n) is 12.6. The van der Waals surface area contributed by atoms with E-state index in [9.17, 15) is 9.59 Å². The van der Waals surface area contributed by atoms with Crippen molar-refractivity contribution < 1.29 is 19.1 Å². The zero-order chi connectivity index (χ0) is 39.4. The molecule has 0 saturated carbocycles. The first-order valence-electron chi connectivity index (χ1n) is 24.5. The molecule has 1 aliphatic rings. The first kappa shape index (κ1) is 50.9. The van der Waals surface area contributed by atoms with Crippen molar-refractivity contribution in [2.75, 3.05) is 32.8 Å². The van der Waals surface area contributed by atoms with Crippen LogP contribution in [-0.4, -0.2) is 49.7 Å². The van der Waals surface area contributed by atoms with Crippen LogP contribution >= 0.6 is 0 Å². The number of nitrogens with zero attached hydrogens (tertiary/aromatic N) is 1. The van der Waals surface area contributed by atoms with Gasteiger partial charge >= 0.3 is 11.9 Å². The molecule has 1 aliphatic heterocycles. The SMILES string of the molecule is CCCCCCCCC(CCCCCC)C(=O)OCCCCC1(CCCCOC(=O)C(CCCCCC)CCCCCCCC)CCCN(CCCC)C1. The van der Waals surface area contributed by atoms with Gasteiger partial charge in [-0.05, 0) is 102 Å². The minimum atomic E-state index is 0.0721. The fraction of sp³-hybridized carbons (Fsp3) is 0.959. The predicted octanol–water partition coefficient (Wildman–Crippen LogP) is 15.0. The summed E-state index contributed by atoms with van der Waals surface area (Å²) in [6.45, 7) is 16.1. The number of esters is 2.